The van der Waals surface area contributed by atoms with Gasteiger partial charge < -0.3 is 9.47 Å². The lowest BCUT2D eigenvalue weighted by atomic mass is 9.97. The Kier molecular flexibility index (Phi) is 5.66. The fraction of sp³-hybridized carbons (Fsp3) is 0.700. The predicted molar refractivity (Wildman–Crippen MR) is 106 cm³/mol. The van der Waals surface area contributed by atoms with Crippen molar-refractivity contribution in [2.75, 3.05) is 31.1 Å². The molecule has 27 heavy (non-hydrogen) atoms. The molecule has 7 nitrogen and oxygen atoms in total. The summed E-state index contributed by atoms with van der Waals surface area (Å²) in [7, 11) is 2.13. The number of aromatic nitrogens is 5. The largest absolute Gasteiger partial charge is 0.356 e. The monoisotopic (exact) mass is 369 g/mol. The van der Waals surface area contributed by atoms with Crippen LogP contribution in [0.5, 0.6) is 0 Å². The quantitative estimate of drug-likeness (QED) is 0.807. The molecule has 0 bridgehead atoms. The van der Waals surface area contributed by atoms with Crippen molar-refractivity contribution in [2.45, 2.75) is 57.9 Å². The molecular weight excluding hydrogens is 338 g/mol. The molecule has 4 rings (SSSR count). The third kappa shape index (κ3) is 4.13. The van der Waals surface area contributed by atoms with E-state index in [1.54, 1.807) is 6.33 Å². The van der Waals surface area contributed by atoms with Crippen LogP contribution in [-0.2, 0) is 20.0 Å². The van der Waals surface area contributed by atoms with E-state index in [-0.39, 0.29) is 0 Å². The number of hydrogen-bond donors (Lipinski definition) is 0. The molecule has 0 aliphatic carbocycles. The van der Waals surface area contributed by atoms with Gasteiger partial charge in [-0.1, -0.05) is 13.3 Å². The highest BCUT2D eigenvalue weighted by molar-refractivity contribution is 5.40. The van der Waals surface area contributed by atoms with Crippen molar-refractivity contribution in [1.29, 1.82) is 0 Å². The minimum atomic E-state index is 0.409. The lowest BCUT2D eigenvalue weighted by Gasteiger charge is -2.33. The van der Waals surface area contributed by atoms with E-state index < -0.39 is 0 Å². The first-order chi connectivity index (χ1) is 13.2. The van der Waals surface area contributed by atoms with E-state index in [1.807, 2.05) is 0 Å². The number of anilines is 1. The first-order valence-electron chi connectivity index (χ1n) is 10.4. The Morgan fingerprint density at radius 2 is 1.89 bits per heavy atom. The molecule has 0 saturated carbocycles. The summed E-state index contributed by atoms with van der Waals surface area (Å²) in [5.41, 5.74) is 1.10. The van der Waals surface area contributed by atoms with Gasteiger partial charge in [-0.25, -0.2) is 9.97 Å². The van der Waals surface area contributed by atoms with Crippen molar-refractivity contribution in [2.24, 2.45) is 7.05 Å². The van der Waals surface area contributed by atoms with E-state index in [4.69, 9.17) is 0 Å². The highest BCUT2D eigenvalue weighted by atomic mass is 15.3. The van der Waals surface area contributed by atoms with Crippen molar-refractivity contribution >= 4 is 5.82 Å². The Balaban J connectivity index is 1.46. The van der Waals surface area contributed by atoms with Crippen molar-refractivity contribution < 1.29 is 0 Å². The summed E-state index contributed by atoms with van der Waals surface area (Å²) in [6, 6.07) is 2.13. The van der Waals surface area contributed by atoms with E-state index >= 15 is 0 Å². The van der Waals surface area contributed by atoms with E-state index in [0.29, 0.717) is 5.92 Å². The highest BCUT2D eigenvalue weighted by Crippen LogP contribution is 2.28. The van der Waals surface area contributed by atoms with Gasteiger partial charge in [0.05, 0.1) is 6.54 Å². The first-order valence-corrected chi connectivity index (χ1v) is 10.4. The van der Waals surface area contributed by atoms with Gasteiger partial charge in [-0.15, -0.1) is 10.2 Å². The van der Waals surface area contributed by atoms with Crippen LogP contribution >= 0.6 is 0 Å². The molecular formula is C20H31N7. The Labute approximate surface area is 161 Å². The van der Waals surface area contributed by atoms with Crippen LogP contribution in [-0.4, -0.2) is 55.8 Å². The van der Waals surface area contributed by atoms with Crippen molar-refractivity contribution in [3.8, 4) is 0 Å². The number of hydrogen-bond acceptors (Lipinski definition) is 6. The number of rotatable bonds is 5. The van der Waals surface area contributed by atoms with Crippen LogP contribution in [0.25, 0.3) is 0 Å². The molecule has 2 saturated heterocycles. The van der Waals surface area contributed by atoms with Gasteiger partial charge in [0.1, 0.15) is 23.8 Å². The highest BCUT2D eigenvalue weighted by Gasteiger charge is 2.27. The average Bonchev–Trinajstić information content (AvgIpc) is 3.09. The number of piperidine rings is 2. The van der Waals surface area contributed by atoms with Gasteiger partial charge in [0.15, 0.2) is 0 Å². The second kappa shape index (κ2) is 8.33. The van der Waals surface area contributed by atoms with Crippen LogP contribution < -0.4 is 4.90 Å². The molecule has 2 aromatic rings. The summed E-state index contributed by atoms with van der Waals surface area (Å²) in [6.45, 7) is 7.44. The molecule has 146 valence electrons. The third-order valence-corrected chi connectivity index (χ3v) is 5.99. The van der Waals surface area contributed by atoms with Gasteiger partial charge in [0, 0.05) is 37.8 Å². The van der Waals surface area contributed by atoms with Gasteiger partial charge >= 0.3 is 0 Å². The SMILES string of the molecule is CCc1cc(N2CCCC(c3nnc(CN4CCCCC4)n3C)C2)ncn1. The van der Waals surface area contributed by atoms with Gasteiger partial charge in [-0.05, 0) is 45.2 Å². The number of aryl methyl sites for hydroxylation is 1. The van der Waals surface area contributed by atoms with Crippen LogP contribution in [0.15, 0.2) is 12.4 Å². The van der Waals surface area contributed by atoms with Gasteiger partial charge in [0.25, 0.3) is 0 Å². The number of likely N-dealkylation sites (tertiary alicyclic amines) is 1. The zero-order valence-corrected chi connectivity index (χ0v) is 16.6. The average molecular weight is 370 g/mol. The summed E-state index contributed by atoms with van der Waals surface area (Å²) >= 11 is 0. The third-order valence-electron chi connectivity index (χ3n) is 5.99. The first kappa shape index (κ1) is 18.3. The molecule has 2 aliphatic heterocycles. The van der Waals surface area contributed by atoms with E-state index in [9.17, 15) is 0 Å². The molecule has 1 unspecified atom stereocenters. The molecule has 4 heterocycles. The maximum absolute atomic E-state index is 4.59. The van der Waals surface area contributed by atoms with Gasteiger partial charge in [-0.3, -0.25) is 4.90 Å². The van der Waals surface area contributed by atoms with Crippen molar-refractivity contribution in [3.63, 3.8) is 0 Å². The fourth-order valence-corrected chi connectivity index (χ4v) is 4.33. The summed E-state index contributed by atoms with van der Waals surface area (Å²) in [6.07, 6.45) is 8.93. The predicted octanol–water partition coefficient (Wildman–Crippen LogP) is 2.54. The second-order valence-electron chi connectivity index (χ2n) is 7.88. The summed E-state index contributed by atoms with van der Waals surface area (Å²) in [4.78, 5) is 13.7. The zero-order valence-electron chi connectivity index (χ0n) is 16.6. The van der Waals surface area contributed by atoms with Crippen molar-refractivity contribution in [3.05, 3.63) is 29.7 Å². The minimum Gasteiger partial charge on any atom is -0.356 e. The Morgan fingerprint density at radius 1 is 1.04 bits per heavy atom. The van der Waals surface area contributed by atoms with Crippen LogP contribution in [0.2, 0.25) is 0 Å². The van der Waals surface area contributed by atoms with E-state index in [0.717, 1.165) is 62.1 Å². The maximum Gasteiger partial charge on any atom is 0.146 e. The Morgan fingerprint density at radius 3 is 2.70 bits per heavy atom. The van der Waals surface area contributed by atoms with Crippen LogP contribution in [0, 0.1) is 0 Å². The van der Waals surface area contributed by atoms with Gasteiger partial charge in [0.2, 0.25) is 0 Å². The fourth-order valence-electron chi connectivity index (χ4n) is 4.33. The molecule has 0 radical (unpaired) electrons. The van der Waals surface area contributed by atoms with Gasteiger partial charge in [-0.2, -0.15) is 0 Å². The summed E-state index contributed by atoms with van der Waals surface area (Å²) in [5, 5.41) is 9.13. The standard InChI is InChI=1S/C20H31N7/c1-3-17-12-18(22-15-21-17)27-11-7-8-16(13-27)20-24-23-19(25(20)2)14-26-9-5-4-6-10-26/h12,15-16H,3-11,13-14H2,1-2H3. The lowest BCUT2D eigenvalue weighted by molar-refractivity contribution is 0.213. The Hall–Kier alpha value is -2.02. The van der Waals surface area contributed by atoms with E-state index in [1.165, 1.54) is 32.4 Å². The summed E-state index contributed by atoms with van der Waals surface area (Å²) < 4.78 is 2.24. The smallest absolute Gasteiger partial charge is 0.146 e. The molecule has 2 aromatic heterocycles. The Bertz CT molecular complexity index is 751. The molecule has 1 atom stereocenters. The molecule has 2 aliphatic rings. The lowest BCUT2D eigenvalue weighted by Crippen LogP contribution is -2.36. The maximum atomic E-state index is 4.59. The van der Waals surface area contributed by atoms with E-state index in [2.05, 4.69) is 54.6 Å². The second-order valence-corrected chi connectivity index (χ2v) is 7.88. The van der Waals surface area contributed by atoms with Crippen LogP contribution in [0.4, 0.5) is 5.82 Å². The molecule has 2 fully saturated rings. The number of nitrogens with zero attached hydrogens (tertiary/aromatic N) is 7. The molecule has 0 amide bonds. The van der Waals surface area contributed by atoms with Crippen LogP contribution in [0.3, 0.4) is 0 Å². The normalized spacial score (nSPS) is 21.6. The molecule has 0 aromatic carbocycles. The zero-order chi connectivity index (χ0) is 18.6. The van der Waals surface area contributed by atoms with Crippen LogP contribution in [0.1, 0.15) is 62.3 Å². The molecule has 0 spiro atoms. The molecule has 0 N–H and O–H groups in total. The topological polar surface area (TPSA) is 63.0 Å². The summed E-state index contributed by atoms with van der Waals surface area (Å²) in [5.74, 6) is 3.67. The van der Waals surface area contributed by atoms with Crippen molar-refractivity contribution in [1.82, 2.24) is 29.6 Å². The minimum absolute atomic E-state index is 0.409. The molecule has 7 heteroatoms.